The van der Waals surface area contributed by atoms with Gasteiger partial charge >= 0.3 is 36.9 Å². The zero-order valence-electron chi connectivity index (χ0n) is 34.0. The molecule has 3 aromatic carbocycles. The summed E-state index contributed by atoms with van der Waals surface area (Å²) in [6.07, 6.45) is -0.0642. The summed E-state index contributed by atoms with van der Waals surface area (Å²) in [5.74, 6) is -5.38. The molecule has 4 N–H and O–H groups in total. The van der Waals surface area contributed by atoms with Crippen LogP contribution >= 0.6 is 46.4 Å². The topological polar surface area (TPSA) is 261 Å². The molecule has 28 heteroatoms. The third-order valence-electron chi connectivity index (χ3n) is 7.22. The first-order valence-electron chi connectivity index (χ1n) is 17.6. The average Bonchev–Trinajstić information content (AvgIpc) is 3.57. The molecule has 2 aromatic heterocycles. The Kier molecular flexibility index (Phi) is 18.6. The van der Waals surface area contributed by atoms with Crippen molar-refractivity contribution >= 4 is 80.3 Å². The Balaban J connectivity index is 0.000000280. The summed E-state index contributed by atoms with van der Waals surface area (Å²) in [6, 6.07) is 9.23. The second-order valence-corrected chi connectivity index (χ2v) is 16.7. The van der Waals surface area contributed by atoms with E-state index in [0.29, 0.717) is 28.4 Å². The first-order valence-corrected chi connectivity index (χ1v) is 20.6. The number of halogens is 8. The van der Waals surface area contributed by atoms with Crippen LogP contribution in [-0.4, -0.2) is 82.8 Å². The molecular formula is C37H34Cl4F4N6O13S. The lowest BCUT2D eigenvalue weighted by Gasteiger charge is -2.13. The molecule has 65 heavy (non-hydrogen) atoms. The van der Waals surface area contributed by atoms with Crippen molar-refractivity contribution in [2.24, 2.45) is 0 Å². The Labute approximate surface area is 385 Å². The Morgan fingerprint density at radius 2 is 1.38 bits per heavy atom. The molecule has 0 saturated heterocycles. The molecule has 0 aliphatic carbocycles. The van der Waals surface area contributed by atoms with E-state index in [1.54, 1.807) is 11.4 Å². The molecule has 5 rings (SSSR count). The van der Waals surface area contributed by atoms with Gasteiger partial charge in [-0.1, -0.05) is 79.3 Å². The number of carbonyl (C=O) groups is 3. The van der Waals surface area contributed by atoms with E-state index in [1.165, 1.54) is 42.2 Å². The molecule has 0 radical (unpaired) electrons. The molecule has 0 aliphatic heterocycles. The van der Waals surface area contributed by atoms with Crippen molar-refractivity contribution in [2.45, 2.75) is 64.3 Å². The van der Waals surface area contributed by atoms with Gasteiger partial charge in [0.2, 0.25) is 23.6 Å². The lowest BCUT2D eigenvalue weighted by atomic mass is 9.97. The molecule has 352 valence electrons. The molecule has 19 nitrogen and oxygen atoms in total. The van der Waals surface area contributed by atoms with Gasteiger partial charge in [0.15, 0.2) is 5.75 Å². The number of ether oxygens (including phenoxy) is 4. The summed E-state index contributed by atoms with van der Waals surface area (Å²) in [7, 11) is -3.38. The first kappa shape index (κ1) is 53.3. The van der Waals surface area contributed by atoms with Crippen LogP contribution in [0.3, 0.4) is 0 Å². The minimum atomic E-state index is -4.71. The number of carboxylic acid groups (broad SMARTS) is 2. The summed E-state index contributed by atoms with van der Waals surface area (Å²) in [5.41, 5.74) is -0.780. The van der Waals surface area contributed by atoms with Gasteiger partial charge in [0.05, 0.1) is 50.6 Å². The van der Waals surface area contributed by atoms with Gasteiger partial charge in [-0.2, -0.15) is 32.2 Å². The summed E-state index contributed by atoms with van der Waals surface area (Å²) >= 11 is 23.7. The third kappa shape index (κ3) is 15.3. The van der Waals surface area contributed by atoms with Gasteiger partial charge in [0, 0.05) is 11.5 Å². The first-order chi connectivity index (χ1) is 30.1. The second kappa shape index (κ2) is 22.7. The fourth-order valence-electron chi connectivity index (χ4n) is 4.64. The van der Waals surface area contributed by atoms with Crippen LogP contribution in [0, 0.1) is 0 Å². The van der Waals surface area contributed by atoms with Crippen molar-refractivity contribution in [1.82, 2.24) is 24.5 Å². The number of nitrogens with zero attached hydrogens (tertiary/aromatic N) is 4. The van der Waals surface area contributed by atoms with E-state index < -0.39 is 75.1 Å². The molecule has 0 bridgehead atoms. The van der Waals surface area contributed by atoms with Gasteiger partial charge in [-0.25, -0.2) is 32.3 Å². The van der Waals surface area contributed by atoms with E-state index >= 15 is 0 Å². The number of urea groups is 1. The molecule has 0 saturated carbocycles. The molecule has 0 aliphatic rings. The van der Waals surface area contributed by atoms with Crippen molar-refractivity contribution in [3.05, 3.63) is 102 Å². The minimum absolute atomic E-state index is 0.0642. The van der Waals surface area contributed by atoms with Crippen LogP contribution in [0.25, 0.3) is 5.69 Å². The van der Waals surface area contributed by atoms with Crippen LogP contribution in [0.15, 0.2) is 68.7 Å². The second-order valence-electron chi connectivity index (χ2n) is 13.5. The summed E-state index contributed by atoms with van der Waals surface area (Å²) < 4.78 is 99.8. The Morgan fingerprint density at radius 3 is 1.86 bits per heavy atom. The maximum absolute atomic E-state index is 12.3. The number of methoxy groups -OCH3 is 1. The summed E-state index contributed by atoms with van der Waals surface area (Å²) in [4.78, 5) is 51.6. The molecule has 0 atom stereocenters. The smallest absolute Gasteiger partial charge is 0.442 e. The van der Waals surface area contributed by atoms with E-state index in [2.05, 4.69) is 24.5 Å². The highest BCUT2D eigenvalue weighted by molar-refractivity contribution is 7.90. The monoisotopic (exact) mass is 1020 g/mol. The van der Waals surface area contributed by atoms with E-state index in [0.717, 1.165) is 16.8 Å². The molecule has 0 unspecified atom stereocenters. The van der Waals surface area contributed by atoms with Gasteiger partial charge in [0.1, 0.15) is 16.2 Å². The number of carboxylic acids is 2. The van der Waals surface area contributed by atoms with Gasteiger partial charge in [-0.05, 0) is 44.2 Å². The number of sulfonamides is 1. The average molecular weight is 1020 g/mol. The number of rotatable bonds is 13. The highest BCUT2D eigenvalue weighted by Crippen LogP contribution is 2.35. The van der Waals surface area contributed by atoms with Crippen molar-refractivity contribution in [1.29, 1.82) is 0 Å². The largest absolute Gasteiger partial charge is 0.494 e. The van der Waals surface area contributed by atoms with Gasteiger partial charge in [0.25, 0.3) is 10.0 Å². The molecule has 2 heterocycles. The lowest BCUT2D eigenvalue weighted by Crippen LogP contribution is -2.35. The number of alkyl halides is 4. The van der Waals surface area contributed by atoms with Crippen LogP contribution in [0.2, 0.25) is 20.1 Å². The molecule has 0 fully saturated rings. The zero-order chi connectivity index (χ0) is 49.1. The van der Waals surface area contributed by atoms with Crippen LogP contribution in [0.5, 0.6) is 23.3 Å². The highest BCUT2D eigenvalue weighted by Gasteiger charge is 2.26. The normalized spacial score (nSPS) is 11.2. The van der Waals surface area contributed by atoms with Crippen LogP contribution < -0.4 is 34.7 Å². The Bertz CT molecular complexity index is 2680. The minimum Gasteiger partial charge on any atom is -0.494 e. The number of aromatic carboxylic acids is 2. The van der Waals surface area contributed by atoms with Gasteiger partial charge < -0.3 is 33.6 Å². The Hall–Kier alpha value is -6.08. The van der Waals surface area contributed by atoms with E-state index in [-0.39, 0.29) is 37.9 Å². The fraction of sp³-hybridized carbons (Fsp3) is 0.270. The molecular weight excluding hydrogens is 986 g/mol. The summed E-state index contributed by atoms with van der Waals surface area (Å²) in [5, 5.41) is 24.7. The number of aromatic nitrogens is 4. The van der Waals surface area contributed by atoms with E-state index in [4.69, 9.17) is 70.5 Å². The third-order valence-corrected chi connectivity index (χ3v) is 9.82. The van der Waals surface area contributed by atoms with Crippen LogP contribution in [0.4, 0.5) is 28.3 Å². The number of hydrogen-bond acceptors (Lipinski definition) is 14. The zero-order valence-corrected chi connectivity index (χ0v) is 37.9. The fourth-order valence-corrected chi connectivity index (χ4v) is 6.71. The SMILES string of the molecule is CC(C)Oc1cc(-n2nc(C(C)(C)C)oc2=O)c(Cl)cc1Cl.COc1c(Cl)ccc(Cl)c1C(=O)O.O=C(Nc1nc(OC(F)F)cc(OC(F)F)n1)NS(=O)(=O)c1ccccc1C(=O)O. The van der Waals surface area contributed by atoms with Crippen LogP contribution in [-0.2, 0) is 15.4 Å². The molecule has 0 spiro atoms. The van der Waals surface area contributed by atoms with Crippen molar-refractivity contribution in [2.75, 3.05) is 12.4 Å². The Morgan fingerprint density at radius 1 is 0.815 bits per heavy atom. The number of carbonyl (C=O) groups excluding carboxylic acids is 1. The number of amides is 2. The van der Waals surface area contributed by atoms with Gasteiger partial charge in [-0.15, -0.1) is 5.10 Å². The van der Waals surface area contributed by atoms with Crippen LogP contribution in [0.1, 0.15) is 61.2 Å². The summed E-state index contributed by atoms with van der Waals surface area (Å²) in [6.45, 7) is 2.65. The van der Waals surface area contributed by atoms with Crippen molar-refractivity contribution in [3.63, 3.8) is 0 Å². The maximum Gasteiger partial charge on any atom is 0.442 e. The quantitative estimate of drug-likeness (QED) is 0.0803. The van der Waals surface area contributed by atoms with E-state index in [9.17, 15) is 45.2 Å². The standard InChI is InChI=1S/C15H18Cl2N2O3.C14H10F4N4O7S.C8H6Cl2O3/c1-8(2)21-12-7-11(9(16)6-10(12)17)19-14(20)22-13(18-19)15(3,4)5;15-11(16)28-8-5-9(29-12(17)18)20-13(19-8)21-14(25)22-30(26,27)7-4-2-1-3-6(7)10(23)24;1-13-7-5(10)3-2-4(9)6(7)8(11)12/h6-8H,1-5H3;1-5,11-12H,(H,23,24)(H2,19,20,21,22,25);2-3H,1H3,(H,11,12). The molecule has 5 aromatic rings. The highest BCUT2D eigenvalue weighted by atomic mass is 35.5. The number of anilines is 1. The lowest BCUT2D eigenvalue weighted by molar-refractivity contribution is -0.0579. The van der Waals surface area contributed by atoms with Crippen molar-refractivity contribution in [3.8, 4) is 28.9 Å². The number of nitrogens with one attached hydrogen (secondary N) is 2. The predicted molar refractivity (Wildman–Crippen MR) is 225 cm³/mol. The molecule has 2 amide bonds. The number of benzene rings is 3. The predicted octanol–water partition coefficient (Wildman–Crippen LogP) is 8.81. The maximum atomic E-state index is 12.3. The van der Waals surface area contributed by atoms with Gasteiger partial charge in [-0.3, -0.25) is 5.32 Å². The number of hydrogen-bond donors (Lipinski definition) is 4. The van der Waals surface area contributed by atoms with Crippen molar-refractivity contribution < 1.29 is 73.9 Å². The van der Waals surface area contributed by atoms with E-state index in [1.807, 2.05) is 34.6 Å².